The van der Waals surface area contributed by atoms with Crippen molar-refractivity contribution in [2.24, 2.45) is 5.10 Å². The third-order valence-corrected chi connectivity index (χ3v) is 4.89. The van der Waals surface area contributed by atoms with Crippen LogP contribution in [-0.4, -0.2) is 30.8 Å². The van der Waals surface area contributed by atoms with Gasteiger partial charge in [0.25, 0.3) is 5.91 Å². The average Bonchev–Trinajstić information content (AvgIpc) is 2.82. The highest BCUT2D eigenvalue weighted by Crippen LogP contribution is 2.29. The van der Waals surface area contributed by atoms with Gasteiger partial charge in [0, 0.05) is 4.47 Å². The number of amides is 1. The Balaban J connectivity index is 1.61. The molecule has 33 heavy (non-hydrogen) atoms. The van der Waals surface area contributed by atoms with Gasteiger partial charge in [0.15, 0.2) is 17.6 Å². The number of nitrogens with zero attached hydrogens (tertiary/aromatic N) is 1. The number of hydrogen-bond donors (Lipinski definition) is 1. The molecule has 0 spiro atoms. The Morgan fingerprint density at radius 2 is 1.76 bits per heavy atom. The molecule has 1 unspecified atom stereocenters. The van der Waals surface area contributed by atoms with Crippen molar-refractivity contribution in [1.29, 1.82) is 0 Å². The largest absolute Gasteiger partial charge is 0.490 e. The third-order valence-electron chi connectivity index (χ3n) is 4.36. The van der Waals surface area contributed by atoms with Crippen LogP contribution in [0.3, 0.4) is 0 Å². The number of esters is 1. The van der Waals surface area contributed by atoms with Crippen LogP contribution in [-0.2, 0) is 4.79 Å². The first-order valence-electron chi connectivity index (χ1n) is 10.3. The van der Waals surface area contributed by atoms with E-state index in [1.165, 1.54) is 6.21 Å². The fourth-order valence-corrected chi connectivity index (χ4v) is 2.99. The van der Waals surface area contributed by atoms with E-state index in [-0.39, 0.29) is 0 Å². The van der Waals surface area contributed by atoms with Gasteiger partial charge in [0.1, 0.15) is 5.75 Å². The van der Waals surface area contributed by atoms with E-state index >= 15 is 0 Å². The number of halogens is 1. The molecule has 0 saturated heterocycles. The molecule has 0 radical (unpaired) electrons. The highest BCUT2D eigenvalue weighted by Gasteiger charge is 2.15. The number of ether oxygens (including phenoxy) is 3. The van der Waals surface area contributed by atoms with E-state index in [9.17, 15) is 9.59 Å². The van der Waals surface area contributed by atoms with Crippen molar-refractivity contribution < 1.29 is 23.8 Å². The first-order valence-corrected chi connectivity index (χ1v) is 11.0. The predicted octanol–water partition coefficient (Wildman–Crippen LogP) is 4.98. The summed E-state index contributed by atoms with van der Waals surface area (Å²) in [7, 11) is 0. The molecule has 0 aliphatic carbocycles. The molecule has 0 heterocycles. The van der Waals surface area contributed by atoms with Crippen LogP contribution in [0.15, 0.2) is 82.4 Å². The Bertz CT molecular complexity index is 1120. The smallest absolute Gasteiger partial charge is 0.343 e. The zero-order valence-electron chi connectivity index (χ0n) is 18.2. The fraction of sp³-hybridized carbons (Fsp3) is 0.160. The number of carbonyl (C=O) groups is 2. The minimum Gasteiger partial charge on any atom is -0.490 e. The van der Waals surface area contributed by atoms with Crippen molar-refractivity contribution in [2.45, 2.75) is 20.0 Å². The van der Waals surface area contributed by atoms with Gasteiger partial charge in [-0.1, -0.05) is 34.1 Å². The van der Waals surface area contributed by atoms with Gasteiger partial charge >= 0.3 is 5.97 Å². The maximum atomic E-state index is 12.3. The highest BCUT2D eigenvalue weighted by atomic mass is 79.9. The normalized spacial score (nSPS) is 11.6. The van der Waals surface area contributed by atoms with Crippen LogP contribution in [0.5, 0.6) is 17.2 Å². The second kappa shape index (κ2) is 11.8. The lowest BCUT2D eigenvalue weighted by atomic mass is 10.2. The van der Waals surface area contributed by atoms with Crippen molar-refractivity contribution >= 4 is 34.0 Å². The van der Waals surface area contributed by atoms with Crippen LogP contribution in [0.25, 0.3) is 0 Å². The Kier molecular flexibility index (Phi) is 8.60. The zero-order chi connectivity index (χ0) is 23.6. The van der Waals surface area contributed by atoms with E-state index in [0.29, 0.717) is 35.0 Å². The molecule has 1 atom stereocenters. The summed E-state index contributed by atoms with van der Waals surface area (Å²) in [5, 5.41) is 3.98. The standard InChI is InChI=1S/C25H23BrN2O5/c1-3-31-23-15-18(9-14-22(23)33-25(30)19-7-5-4-6-8-19)16-27-28-24(29)17(2)32-21-12-10-20(26)11-13-21/h4-17H,3H2,1-2H3,(H,28,29)/b27-16+. The summed E-state index contributed by atoms with van der Waals surface area (Å²) in [6.45, 7) is 3.85. The zero-order valence-corrected chi connectivity index (χ0v) is 19.7. The number of carbonyl (C=O) groups excluding carboxylic acids is 2. The molecule has 1 amide bonds. The summed E-state index contributed by atoms with van der Waals surface area (Å²) >= 11 is 3.35. The van der Waals surface area contributed by atoms with Crippen LogP contribution < -0.4 is 19.6 Å². The third kappa shape index (κ3) is 7.18. The number of rotatable bonds is 9. The molecule has 3 aromatic rings. The second-order valence-corrected chi connectivity index (χ2v) is 7.76. The van der Waals surface area contributed by atoms with Crippen LogP contribution in [0.2, 0.25) is 0 Å². The molecule has 0 aliphatic heterocycles. The monoisotopic (exact) mass is 510 g/mol. The molecule has 0 aromatic heterocycles. The topological polar surface area (TPSA) is 86.2 Å². The molecular weight excluding hydrogens is 488 g/mol. The van der Waals surface area contributed by atoms with Crippen molar-refractivity contribution in [2.75, 3.05) is 6.61 Å². The predicted molar refractivity (Wildman–Crippen MR) is 129 cm³/mol. The van der Waals surface area contributed by atoms with Crippen molar-refractivity contribution in [3.05, 3.63) is 88.4 Å². The minimum atomic E-state index is -0.734. The Hall–Kier alpha value is -3.65. The quantitative estimate of drug-likeness (QED) is 0.190. The first-order chi connectivity index (χ1) is 16.0. The van der Waals surface area contributed by atoms with Crippen LogP contribution in [0, 0.1) is 0 Å². The van der Waals surface area contributed by atoms with Gasteiger partial charge in [-0.2, -0.15) is 5.10 Å². The molecule has 0 fully saturated rings. The van der Waals surface area contributed by atoms with Crippen molar-refractivity contribution in [3.63, 3.8) is 0 Å². The fourth-order valence-electron chi connectivity index (χ4n) is 2.72. The van der Waals surface area contributed by atoms with E-state index in [0.717, 1.165) is 4.47 Å². The Morgan fingerprint density at radius 3 is 2.45 bits per heavy atom. The van der Waals surface area contributed by atoms with Gasteiger partial charge in [0.05, 0.1) is 18.4 Å². The summed E-state index contributed by atoms with van der Waals surface area (Å²) < 4.78 is 17.6. The van der Waals surface area contributed by atoms with Gasteiger partial charge < -0.3 is 14.2 Å². The van der Waals surface area contributed by atoms with Gasteiger partial charge in [-0.3, -0.25) is 4.79 Å². The summed E-state index contributed by atoms with van der Waals surface area (Å²) in [6, 6.07) is 20.9. The lowest BCUT2D eigenvalue weighted by Crippen LogP contribution is -2.33. The molecule has 170 valence electrons. The van der Waals surface area contributed by atoms with E-state index in [2.05, 4.69) is 26.5 Å². The van der Waals surface area contributed by atoms with Gasteiger partial charge in [-0.05, 0) is 74.0 Å². The molecule has 0 aliphatic rings. The SMILES string of the molecule is CCOc1cc(/C=N/NC(=O)C(C)Oc2ccc(Br)cc2)ccc1OC(=O)c1ccccc1. The van der Waals surface area contributed by atoms with E-state index in [1.54, 1.807) is 61.5 Å². The first kappa shape index (κ1) is 24.0. The highest BCUT2D eigenvalue weighted by molar-refractivity contribution is 9.10. The summed E-state index contributed by atoms with van der Waals surface area (Å²) in [6.07, 6.45) is 0.734. The van der Waals surface area contributed by atoms with Crippen LogP contribution in [0.1, 0.15) is 29.8 Å². The summed E-state index contributed by atoms with van der Waals surface area (Å²) in [5.74, 6) is 0.386. The van der Waals surface area contributed by atoms with Gasteiger partial charge in [-0.25, -0.2) is 10.2 Å². The van der Waals surface area contributed by atoms with Crippen molar-refractivity contribution in [3.8, 4) is 17.2 Å². The van der Waals surface area contributed by atoms with Crippen molar-refractivity contribution in [1.82, 2.24) is 5.43 Å². The minimum absolute atomic E-state index is 0.295. The van der Waals surface area contributed by atoms with Crippen LogP contribution in [0.4, 0.5) is 0 Å². The summed E-state index contributed by atoms with van der Waals surface area (Å²) in [5.41, 5.74) is 3.54. The van der Waals surface area contributed by atoms with E-state index in [1.807, 2.05) is 25.1 Å². The summed E-state index contributed by atoms with van der Waals surface area (Å²) in [4.78, 5) is 24.6. The number of hydrogen-bond acceptors (Lipinski definition) is 6. The maximum Gasteiger partial charge on any atom is 0.343 e. The molecule has 7 nitrogen and oxygen atoms in total. The molecular formula is C25H23BrN2O5. The van der Waals surface area contributed by atoms with Gasteiger partial charge in [-0.15, -0.1) is 0 Å². The molecule has 1 N–H and O–H groups in total. The number of hydrazone groups is 1. The number of benzene rings is 3. The molecule has 8 heteroatoms. The van der Waals surface area contributed by atoms with E-state index < -0.39 is 18.0 Å². The van der Waals surface area contributed by atoms with E-state index in [4.69, 9.17) is 14.2 Å². The Labute approximate surface area is 200 Å². The van der Waals surface area contributed by atoms with Gasteiger partial charge in [0.2, 0.25) is 0 Å². The Morgan fingerprint density at radius 1 is 1.03 bits per heavy atom. The average molecular weight is 511 g/mol. The molecule has 3 aromatic carbocycles. The lowest BCUT2D eigenvalue weighted by Gasteiger charge is -2.13. The second-order valence-electron chi connectivity index (χ2n) is 6.84. The lowest BCUT2D eigenvalue weighted by molar-refractivity contribution is -0.127. The maximum absolute atomic E-state index is 12.3. The van der Waals surface area contributed by atoms with Crippen LogP contribution >= 0.6 is 15.9 Å². The molecule has 0 bridgehead atoms. The molecule has 3 rings (SSSR count). The molecule has 0 saturated carbocycles. The number of nitrogens with one attached hydrogen (secondary N) is 1.